The monoisotopic (exact) mass is 483 g/mol. The SMILES string of the molecule is Cc1ccc(-n2c3ccccc3c3ccc(-c4cccc([Si](C)(C)c5cc(C)ccn5)c4)cc32)nc1. The van der Waals surface area contributed by atoms with Crippen LogP contribution in [0.4, 0.5) is 0 Å². The molecule has 0 spiro atoms. The van der Waals surface area contributed by atoms with Crippen molar-refractivity contribution in [2.45, 2.75) is 26.9 Å². The molecule has 0 fully saturated rings. The minimum atomic E-state index is -1.93. The van der Waals surface area contributed by atoms with Gasteiger partial charge in [0.05, 0.1) is 11.0 Å². The third kappa shape index (κ3) is 3.75. The summed E-state index contributed by atoms with van der Waals surface area (Å²) >= 11 is 0. The summed E-state index contributed by atoms with van der Waals surface area (Å²) in [7, 11) is -1.93. The summed E-state index contributed by atoms with van der Waals surface area (Å²) in [6.45, 7) is 8.99. The molecule has 0 amide bonds. The number of aromatic nitrogens is 3. The Balaban J connectivity index is 1.52. The Morgan fingerprint density at radius 1 is 0.639 bits per heavy atom. The summed E-state index contributed by atoms with van der Waals surface area (Å²) in [6, 6.07) is 33.0. The maximum atomic E-state index is 4.77. The zero-order valence-electron chi connectivity index (χ0n) is 21.2. The number of para-hydroxylation sites is 1. The number of hydrogen-bond acceptors (Lipinski definition) is 2. The molecule has 4 heteroatoms. The average Bonchev–Trinajstić information content (AvgIpc) is 3.23. The fraction of sp³-hybridized carbons (Fsp3) is 0.125. The highest BCUT2D eigenvalue weighted by Gasteiger charge is 2.28. The standard InChI is InChI=1S/C32H29N3Si/c1-22-16-17-33-32(18-22)36(3,4)26-9-7-8-24(19-26)25-13-14-28-27-10-5-6-11-29(27)35(30(28)20-25)31-15-12-23(2)21-34-31/h5-21H,1-4H3. The molecule has 0 saturated carbocycles. The van der Waals surface area contributed by atoms with Crippen LogP contribution in [0.25, 0.3) is 38.8 Å². The third-order valence-corrected chi connectivity index (χ3v) is 10.6. The molecule has 0 aliphatic heterocycles. The van der Waals surface area contributed by atoms with Gasteiger partial charge in [0.2, 0.25) is 0 Å². The molecule has 0 bridgehead atoms. The molecular formula is C32H29N3Si. The summed E-state index contributed by atoms with van der Waals surface area (Å²) in [5.74, 6) is 0.941. The molecular weight excluding hydrogens is 454 g/mol. The van der Waals surface area contributed by atoms with E-state index in [4.69, 9.17) is 9.97 Å². The predicted octanol–water partition coefficient (Wildman–Crippen LogP) is 6.68. The largest absolute Gasteiger partial charge is 0.294 e. The van der Waals surface area contributed by atoms with Crippen LogP contribution in [0.3, 0.4) is 0 Å². The molecule has 36 heavy (non-hydrogen) atoms. The van der Waals surface area contributed by atoms with Gasteiger partial charge in [-0.25, -0.2) is 4.98 Å². The molecule has 3 aromatic heterocycles. The van der Waals surface area contributed by atoms with Crippen molar-refractivity contribution >= 4 is 40.4 Å². The lowest BCUT2D eigenvalue weighted by Gasteiger charge is -2.23. The minimum Gasteiger partial charge on any atom is -0.294 e. The quantitative estimate of drug-likeness (QED) is 0.262. The summed E-state index contributed by atoms with van der Waals surface area (Å²) < 4.78 is 2.28. The molecule has 176 valence electrons. The van der Waals surface area contributed by atoms with Crippen molar-refractivity contribution < 1.29 is 0 Å². The molecule has 0 radical (unpaired) electrons. The lowest BCUT2D eigenvalue weighted by molar-refractivity contribution is 1.07. The summed E-state index contributed by atoms with van der Waals surface area (Å²) in [4.78, 5) is 9.53. The van der Waals surface area contributed by atoms with Crippen LogP contribution in [0.15, 0.2) is 103 Å². The Morgan fingerprint density at radius 2 is 1.44 bits per heavy atom. The van der Waals surface area contributed by atoms with Crippen molar-refractivity contribution in [1.29, 1.82) is 0 Å². The van der Waals surface area contributed by atoms with Gasteiger partial charge in [0, 0.05) is 28.5 Å². The van der Waals surface area contributed by atoms with Crippen LogP contribution in [0, 0.1) is 13.8 Å². The highest BCUT2D eigenvalue weighted by atomic mass is 28.3. The van der Waals surface area contributed by atoms with E-state index < -0.39 is 8.07 Å². The van der Waals surface area contributed by atoms with Crippen molar-refractivity contribution in [2.24, 2.45) is 0 Å². The van der Waals surface area contributed by atoms with Gasteiger partial charge in [-0.1, -0.05) is 78.9 Å². The molecule has 3 nitrogen and oxygen atoms in total. The van der Waals surface area contributed by atoms with Crippen LogP contribution in [0.5, 0.6) is 0 Å². The van der Waals surface area contributed by atoms with Crippen molar-refractivity contribution in [3.63, 3.8) is 0 Å². The molecule has 3 aromatic carbocycles. The van der Waals surface area contributed by atoms with E-state index in [0.717, 1.165) is 11.4 Å². The van der Waals surface area contributed by atoms with Crippen molar-refractivity contribution in [3.8, 4) is 16.9 Å². The Kier molecular flexibility index (Phi) is 5.35. The second kappa shape index (κ2) is 8.57. The highest BCUT2D eigenvalue weighted by molar-refractivity contribution is 7.00. The Labute approximate surface area is 213 Å². The number of aryl methyl sites for hydroxylation is 2. The Morgan fingerprint density at radius 3 is 2.25 bits per heavy atom. The van der Waals surface area contributed by atoms with Crippen LogP contribution >= 0.6 is 0 Å². The fourth-order valence-electron chi connectivity index (χ4n) is 5.10. The second-order valence-electron chi connectivity index (χ2n) is 10.2. The smallest absolute Gasteiger partial charge is 0.137 e. The number of pyridine rings is 2. The molecule has 6 aromatic rings. The van der Waals surface area contributed by atoms with Crippen molar-refractivity contribution in [2.75, 3.05) is 0 Å². The molecule has 0 unspecified atom stereocenters. The zero-order valence-corrected chi connectivity index (χ0v) is 22.2. The van der Waals surface area contributed by atoms with Crippen LogP contribution in [-0.2, 0) is 0 Å². The number of rotatable bonds is 4. The molecule has 0 atom stereocenters. The molecule has 0 saturated heterocycles. The molecule has 0 aliphatic carbocycles. The lowest BCUT2D eigenvalue weighted by atomic mass is 10.0. The van der Waals surface area contributed by atoms with E-state index in [2.05, 4.69) is 123 Å². The first-order valence-electron chi connectivity index (χ1n) is 12.4. The van der Waals surface area contributed by atoms with Crippen molar-refractivity contribution in [1.82, 2.24) is 14.5 Å². The first-order chi connectivity index (χ1) is 17.4. The van der Waals surface area contributed by atoms with Crippen LogP contribution in [0.2, 0.25) is 13.1 Å². The van der Waals surface area contributed by atoms with Gasteiger partial charge in [-0.3, -0.25) is 9.55 Å². The van der Waals surface area contributed by atoms with Gasteiger partial charge in [-0.05, 0) is 66.4 Å². The average molecular weight is 484 g/mol. The van der Waals surface area contributed by atoms with E-state index in [9.17, 15) is 0 Å². The van der Waals surface area contributed by atoms with Gasteiger partial charge < -0.3 is 0 Å². The van der Waals surface area contributed by atoms with E-state index >= 15 is 0 Å². The zero-order chi connectivity index (χ0) is 24.9. The fourth-order valence-corrected chi connectivity index (χ4v) is 7.41. The second-order valence-corrected chi connectivity index (χ2v) is 14.5. The normalized spacial score (nSPS) is 11.9. The van der Waals surface area contributed by atoms with Crippen LogP contribution in [-0.4, -0.2) is 22.6 Å². The van der Waals surface area contributed by atoms with Gasteiger partial charge in [-0.15, -0.1) is 0 Å². The topological polar surface area (TPSA) is 30.7 Å². The first kappa shape index (κ1) is 22.4. The first-order valence-corrected chi connectivity index (χ1v) is 15.4. The Hall–Kier alpha value is -4.02. The Bertz CT molecular complexity index is 1730. The number of fused-ring (bicyclic) bond motifs is 3. The summed E-state index contributed by atoms with van der Waals surface area (Å²) in [5, 5.41) is 5.10. The van der Waals surface area contributed by atoms with Crippen molar-refractivity contribution in [3.05, 3.63) is 115 Å². The van der Waals surface area contributed by atoms with Gasteiger partial charge in [0.25, 0.3) is 0 Å². The predicted molar refractivity (Wildman–Crippen MR) is 154 cm³/mol. The van der Waals surface area contributed by atoms with E-state index in [-0.39, 0.29) is 0 Å². The molecule has 0 N–H and O–H groups in total. The van der Waals surface area contributed by atoms with Crippen LogP contribution in [0.1, 0.15) is 11.1 Å². The maximum Gasteiger partial charge on any atom is 0.137 e. The molecule has 6 rings (SSSR count). The number of hydrogen-bond donors (Lipinski definition) is 0. The number of nitrogens with zero attached hydrogens (tertiary/aromatic N) is 3. The lowest BCUT2D eigenvalue weighted by Crippen LogP contribution is -2.54. The van der Waals surface area contributed by atoms with E-state index in [1.165, 1.54) is 49.0 Å². The van der Waals surface area contributed by atoms with Gasteiger partial charge in [-0.2, -0.15) is 0 Å². The van der Waals surface area contributed by atoms with Gasteiger partial charge >= 0.3 is 0 Å². The minimum absolute atomic E-state index is 0.941. The maximum absolute atomic E-state index is 4.77. The summed E-state index contributed by atoms with van der Waals surface area (Å²) in [6.07, 6.45) is 3.88. The van der Waals surface area contributed by atoms with E-state index in [1.54, 1.807) is 0 Å². The molecule has 3 heterocycles. The van der Waals surface area contributed by atoms with E-state index in [1.807, 2.05) is 12.4 Å². The van der Waals surface area contributed by atoms with Gasteiger partial charge in [0.1, 0.15) is 13.9 Å². The highest BCUT2D eigenvalue weighted by Crippen LogP contribution is 2.34. The summed E-state index contributed by atoms with van der Waals surface area (Å²) in [5.41, 5.74) is 7.21. The third-order valence-electron chi connectivity index (χ3n) is 7.27. The molecule has 0 aliphatic rings. The number of benzene rings is 3. The van der Waals surface area contributed by atoms with Crippen LogP contribution < -0.4 is 10.5 Å². The van der Waals surface area contributed by atoms with E-state index in [0.29, 0.717) is 0 Å². The van der Waals surface area contributed by atoms with Gasteiger partial charge in [0.15, 0.2) is 0 Å².